The van der Waals surface area contributed by atoms with Crippen molar-refractivity contribution in [2.75, 3.05) is 32.4 Å². The minimum absolute atomic E-state index is 0.0769. The third-order valence-electron chi connectivity index (χ3n) is 2.64. The van der Waals surface area contributed by atoms with E-state index >= 15 is 0 Å². The van der Waals surface area contributed by atoms with Crippen molar-refractivity contribution in [3.63, 3.8) is 0 Å². The summed E-state index contributed by atoms with van der Waals surface area (Å²) >= 11 is 1.59. The van der Waals surface area contributed by atoms with Gasteiger partial charge < -0.3 is 20.3 Å². The number of carbonyl (C=O) groups is 1. The van der Waals surface area contributed by atoms with Gasteiger partial charge in [0.2, 0.25) is 0 Å². The van der Waals surface area contributed by atoms with E-state index in [1.807, 2.05) is 27.0 Å². The van der Waals surface area contributed by atoms with Gasteiger partial charge in [-0.15, -0.1) is 0 Å². The highest BCUT2D eigenvalue weighted by molar-refractivity contribution is 8.13. The molecule has 1 rings (SSSR count). The maximum atomic E-state index is 11.8. The molecule has 1 saturated heterocycles. The average Bonchev–Trinajstić information content (AvgIpc) is 2.35. The monoisotopic (exact) mass is 288 g/mol. The zero-order valence-electron chi connectivity index (χ0n) is 12.1. The van der Waals surface area contributed by atoms with Gasteiger partial charge in [-0.25, -0.2) is 9.79 Å². The van der Waals surface area contributed by atoms with Crippen molar-refractivity contribution in [1.82, 2.24) is 9.80 Å². The van der Waals surface area contributed by atoms with E-state index < -0.39 is 0 Å². The fraction of sp³-hybridized carbons (Fsp3) is 0.833. The first-order valence-electron chi connectivity index (χ1n) is 6.52. The second-order valence-electron chi connectivity index (χ2n) is 4.76. The number of rotatable bonds is 2. The Morgan fingerprint density at radius 1 is 1.21 bits per heavy atom. The molecule has 1 fully saturated rings. The highest BCUT2D eigenvalue weighted by Gasteiger charge is 2.24. The van der Waals surface area contributed by atoms with Gasteiger partial charge in [0.05, 0.1) is 12.3 Å². The van der Waals surface area contributed by atoms with Crippen LogP contribution >= 0.6 is 11.8 Å². The van der Waals surface area contributed by atoms with Crippen LogP contribution in [0.4, 0.5) is 4.79 Å². The summed E-state index contributed by atoms with van der Waals surface area (Å²) in [5.74, 6) is 0. The molecule has 19 heavy (non-hydrogen) atoms. The molecule has 2 N–H and O–H groups in total. The SMILES string of the molecule is CSC(=NC(C)N)N1CCN(C(=O)OC(C)C)CC1. The summed E-state index contributed by atoms with van der Waals surface area (Å²) in [6, 6.07) is 0. The van der Waals surface area contributed by atoms with Gasteiger partial charge in [0, 0.05) is 26.2 Å². The highest BCUT2D eigenvalue weighted by atomic mass is 32.2. The molecular weight excluding hydrogens is 264 g/mol. The van der Waals surface area contributed by atoms with Crippen LogP contribution in [0.1, 0.15) is 20.8 Å². The number of nitrogens with two attached hydrogens (primary N) is 1. The number of hydrogen-bond donors (Lipinski definition) is 1. The molecular formula is C12H24N4O2S. The quantitative estimate of drug-likeness (QED) is 0.610. The number of nitrogens with zero attached hydrogens (tertiary/aromatic N) is 3. The standard InChI is InChI=1S/C12H24N4O2S/c1-9(2)18-12(17)16-7-5-15(6-8-16)11(19-4)14-10(3)13/h9-10H,5-8,13H2,1-4H3. The number of amides is 1. The summed E-state index contributed by atoms with van der Waals surface area (Å²) in [6.45, 7) is 8.41. The number of piperazine rings is 1. The molecule has 0 saturated carbocycles. The first-order chi connectivity index (χ1) is 8.93. The molecule has 1 amide bonds. The third kappa shape index (κ3) is 5.28. The Kier molecular flexibility index (Phi) is 6.44. The third-order valence-corrected chi connectivity index (χ3v) is 3.37. The van der Waals surface area contributed by atoms with Crippen LogP contribution in [0.25, 0.3) is 0 Å². The molecule has 6 nitrogen and oxygen atoms in total. The Balaban J connectivity index is 2.50. The lowest BCUT2D eigenvalue weighted by Crippen LogP contribution is -2.50. The van der Waals surface area contributed by atoms with E-state index in [9.17, 15) is 4.79 Å². The number of hydrogen-bond acceptors (Lipinski definition) is 5. The Hall–Kier alpha value is -0.950. The van der Waals surface area contributed by atoms with Crippen molar-refractivity contribution in [3.05, 3.63) is 0 Å². The summed E-state index contributed by atoms with van der Waals surface area (Å²) < 4.78 is 5.19. The molecule has 1 aliphatic heterocycles. The summed E-state index contributed by atoms with van der Waals surface area (Å²) in [7, 11) is 0. The van der Waals surface area contributed by atoms with E-state index in [1.54, 1.807) is 16.7 Å². The van der Waals surface area contributed by atoms with Crippen molar-refractivity contribution >= 4 is 23.0 Å². The fourth-order valence-corrected chi connectivity index (χ4v) is 2.51. The first kappa shape index (κ1) is 16.1. The Morgan fingerprint density at radius 3 is 2.16 bits per heavy atom. The van der Waals surface area contributed by atoms with Crippen LogP contribution in [-0.2, 0) is 4.74 Å². The summed E-state index contributed by atoms with van der Waals surface area (Å²) in [6.07, 6.45) is 1.48. The Bertz CT molecular complexity index is 326. The van der Waals surface area contributed by atoms with Crippen molar-refractivity contribution in [2.24, 2.45) is 10.7 Å². The Morgan fingerprint density at radius 2 is 1.74 bits per heavy atom. The lowest BCUT2D eigenvalue weighted by molar-refractivity contribution is 0.0659. The van der Waals surface area contributed by atoms with Crippen LogP contribution in [0.3, 0.4) is 0 Å². The minimum atomic E-state index is -0.232. The number of ether oxygens (including phenoxy) is 1. The lowest BCUT2D eigenvalue weighted by atomic mass is 10.3. The molecule has 110 valence electrons. The number of thioether (sulfide) groups is 1. The number of aliphatic imine (C=N–C) groups is 1. The van der Waals surface area contributed by atoms with E-state index in [2.05, 4.69) is 9.89 Å². The van der Waals surface area contributed by atoms with Crippen molar-refractivity contribution in [1.29, 1.82) is 0 Å². The lowest BCUT2D eigenvalue weighted by Gasteiger charge is -2.35. The van der Waals surface area contributed by atoms with Crippen LogP contribution in [0.2, 0.25) is 0 Å². The van der Waals surface area contributed by atoms with Crippen molar-refractivity contribution in [3.8, 4) is 0 Å². The molecule has 0 aromatic rings. The topological polar surface area (TPSA) is 71.2 Å². The largest absolute Gasteiger partial charge is 0.447 e. The van der Waals surface area contributed by atoms with E-state index in [4.69, 9.17) is 10.5 Å². The molecule has 1 atom stereocenters. The summed E-state index contributed by atoms with van der Waals surface area (Å²) in [4.78, 5) is 20.0. The van der Waals surface area contributed by atoms with Crippen LogP contribution in [0.5, 0.6) is 0 Å². The molecule has 0 aromatic heterocycles. The first-order valence-corrected chi connectivity index (χ1v) is 7.74. The molecule has 1 heterocycles. The van der Waals surface area contributed by atoms with Gasteiger partial charge in [0.25, 0.3) is 0 Å². The summed E-state index contributed by atoms with van der Waals surface area (Å²) in [5, 5.41) is 0.937. The highest BCUT2D eigenvalue weighted by Crippen LogP contribution is 2.11. The number of amidine groups is 1. The predicted octanol–water partition coefficient (Wildman–Crippen LogP) is 1.17. The molecule has 1 unspecified atom stereocenters. The average molecular weight is 288 g/mol. The van der Waals surface area contributed by atoms with Crippen LogP contribution in [-0.4, -0.2) is 65.8 Å². The van der Waals surface area contributed by atoms with Crippen LogP contribution < -0.4 is 5.73 Å². The smallest absolute Gasteiger partial charge is 0.410 e. The van der Waals surface area contributed by atoms with Gasteiger partial charge in [-0.1, -0.05) is 11.8 Å². The van der Waals surface area contributed by atoms with E-state index in [-0.39, 0.29) is 18.4 Å². The van der Waals surface area contributed by atoms with Crippen molar-refractivity contribution < 1.29 is 9.53 Å². The molecule has 0 bridgehead atoms. The number of carbonyl (C=O) groups excluding carboxylic acids is 1. The van der Waals surface area contributed by atoms with Gasteiger partial charge >= 0.3 is 6.09 Å². The summed E-state index contributed by atoms with van der Waals surface area (Å²) in [5.41, 5.74) is 5.69. The van der Waals surface area contributed by atoms with E-state index in [0.29, 0.717) is 13.1 Å². The molecule has 7 heteroatoms. The zero-order chi connectivity index (χ0) is 14.4. The molecule has 0 spiro atoms. The normalized spacial score (nSPS) is 18.7. The van der Waals surface area contributed by atoms with Crippen LogP contribution in [0.15, 0.2) is 4.99 Å². The molecule has 1 aliphatic rings. The maximum absolute atomic E-state index is 11.8. The van der Waals surface area contributed by atoms with Crippen LogP contribution in [0, 0.1) is 0 Å². The van der Waals surface area contributed by atoms with Gasteiger partial charge in [0.1, 0.15) is 0 Å². The van der Waals surface area contributed by atoms with Gasteiger partial charge in [-0.05, 0) is 27.0 Å². The predicted molar refractivity (Wildman–Crippen MR) is 79.4 cm³/mol. The molecule has 0 radical (unpaired) electrons. The van der Waals surface area contributed by atoms with Gasteiger partial charge in [-0.3, -0.25) is 0 Å². The second kappa shape index (κ2) is 7.59. The Labute approximate surface area is 119 Å². The zero-order valence-corrected chi connectivity index (χ0v) is 12.9. The fourth-order valence-electron chi connectivity index (χ4n) is 1.79. The molecule has 0 aromatic carbocycles. The van der Waals surface area contributed by atoms with Crippen molar-refractivity contribution in [2.45, 2.75) is 33.0 Å². The molecule has 0 aliphatic carbocycles. The van der Waals surface area contributed by atoms with Gasteiger partial charge in [0.15, 0.2) is 5.17 Å². The van der Waals surface area contributed by atoms with E-state index in [1.165, 1.54) is 0 Å². The maximum Gasteiger partial charge on any atom is 0.410 e. The van der Waals surface area contributed by atoms with Gasteiger partial charge in [-0.2, -0.15) is 0 Å². The second-order valence-corrected chi connectivity index (χ2v) is 5.54. The minimum Gasteiger partial charge on any atom is -0.447 e. The van der Waals surface area contributed by atoms with E-state index in [0.717, 1.165) is 18.3 Å².